The number of amides is 1. The lowest BCUT2D eigenvalue weighted by Crippen LogP contribution is -2.30. The van der Waals surface area contributed by atoms with Crippen molar-refractivity contribution in [3.8, 4) is 11.4 Å². The fraction of sp³-hybridized carbons (Fsp3) is 0.241. The molecule has 1 aliphatic rings. The van der Waals surface area contributed by atoms with Crippen LogP contribution in [0, 0.1) is 5.41 Å². The molecule has 194 valence electrons. The van der Waals surface area contributed by atoms with Crippen molar-refractivity contribution in [3.63, 3.8) is 0 Å². The number of carbonyl (C=O) groups excluding carboxylic acids is 1. The number of benzene rings is 1. The molecule has 0 saturated carbocycles. The number of aromatic nitrogens is 3. The number of methoxy groups -OCH3 is 1. The Morgan fingerprint density at radius 3 is 2.58 bits per heavy atom. The van der Waals surface area contributed by atoms with Gasteiger partial charge in [-0.2, -0.15) is 0 Å². The third-order valence-electron chi connectivity index (χ3n) is 6.50. The highest BCUT2D eigenvalue weighted by molar-refractivity contribution is 7.80. The first-order valence-electron chi connectivity index (χ1n) is 12.4. The van der Waals surface area contributed by atoms with Crippen molar-refractivity contribution in [2.45, 2.75) is 32.9 Å². The van der Waals surface area contributed by atoms with Crippen LogP contribution in [0.15, 0.2) is 85.5 Å². The SMILES string of the molecule is COc1cc(N2C(=S)N[C@@H](c3ccccn3)[C@H]2c2cccn2-c2cccnc2)ccc1NC(=O)C(C)(C)C. The number of carbonyl (C=O) groups is 1. The zero-order valence-electron chi connectivity index (χ0n) is 21.8. The Hall–Kier alpha value is -4.24. The molecule has 4 aromatic rings. The topological polar surface area (TPSA) is 84.3 Å². The van der Waals surface area contributed by atoms with E-state index in [1.807, 2.05) is 87.8 Å². The Kier molecular flexibility index (Phi) is 6.86. The zero-order valence-corrected chi connectivity index (χ0v) is 22.6. The Labute approximate surface area is 227 Å². The van der Waals surface area contributed by atoms with Crippen LogP contribution < -0.4 is 20.3 Å². The van der Waals surface area contributed by atoms with Crippen LogP contribution in [0.4, 0.5) is 11.4 Å². The highest BCUT2D eigenvalue weighted by atomic mass is 32.1. The first-order valence-corrected chi connectivity index (χ1v) is 12.8. The van der Waals surface area contributed by atoms with Gasteiger partial charge in [0.05, 0.1) is 36.4 Å². The molecule has 5 rings (SSSR count). The largest absolute Gasteiger partial charge is 0.494 e. The Morgan fingerprint density at radius 2 is 1.89 bits per heavy atom. The third-order valence-corrected chi connectivity index (χ3v) is 6.81. The van der Waals surface area contributed by atoms with Crippen LogP contribution in [0.1, 0.15) is 44.2 Å². The predicted octanol–water partition coefficient (Wildman–Crippen LogP) is 5.44. The average molecular weight is 527 g/mol. The van der Waals surface area contributed by atoms with E-state index in [0.717, 1.165) is 22.8 Å². The van der Waals surface area contributed by atoms with Gasteiger partial charge in [-0.3, -0.25) is 14.8 Å². The summed E-state index contributed by atoms with van der Waals surface area (Å²) in [5, 5.41) is 7.05. The molecule has 1 fully saturated rings. The molecule has 4 heterocycles. The fourth-order valence-corrected chi connectivity index (χ4v) is 4.89. The molecule has 1 amide bonds. The quantitative estimate of drug-likeness (QED) is 0.324. The van der Waals surface area contributed by atoms with Crippen LogP contribution in [-0.4, -0.2) is 32.7 Å². The molecular weight excluding hydrogens is 496 g/mol. The average Bonchev–Trinajstić information content (AvgIpc) is 3.53. The Bertz CT molecular complexity index is 1450. The standard InChI is InChI=1S/C29H30N6O2S/c1-29(2,3)27(36)32-21-13-12-19(17-24(21)37-4)35-26(25(33-28(35)38)22-10-5-6-15-31-22)23-11-8-16-34(23)20-9-7-14-30-18-20/h5-18,25-26H,1-4H3,(H,32,36)(H,33,38)/t25-,26+/m0/s1. The minimum atomic E-state index is -0.539. The molecule has 1 aliphatic heterocycles. The molecule has 0 bridgehead atoms. The molecule has 0 spiro atoms. The number of nitrogens with one attached hydrogen (secondary N) is 2. The number of ether oxygens (including phenoxy) is 1. The summed E-state index contributed by atoms with van der Waals surface area (Å²) < 4.78 is 7.81. The van der Waals surface area contributed by atoms with Gasteiger partial charge in [-0.05, 0) is 60.7 Å². The summed E-state index contributed by atoms with van der Waals surface area (Å²) >= 11 is 5.90. The Balaban J connectivity index is 1.60. The molecule has 0 radical (unpaired) electrons. The normalized spacial score (nSPS) is 17.3. The number of hydrogen-bond donors (Lipinski definition) is 2. The number of hydrogen-bond acceptors (Lipinski definition) is 5. The number of thiocarbonyl (C=S) groups is 1. The smallest absolute Gasteiger partial charge is 0.229 e. The predicted molar refractivity (Wildman–Crippen MR) is 153 cm³/mol. The molecule has 0 unspecified atom stereocenters. The van der Waals surface area contributed by atoms with E-state index in [2.05, 4.69) is 36.1 Å². The van der Waals surface area contributed by atoms with E-state index in [0.29, 0.717) is 16.5 Å². The first kappa shape index (κ1) is 25.4. The van der Waals surface area contributed by atoms with E-state index in [1.165, 1.54) is 0 Å². The second-order valence-electron chi connectivity index (χ2n) is 10.1. The van der Waals surface area contributed by atoms with E-state index < -0.39 is 5.41 Å². The molecule has 2 atom stereocenters. The molecule has 1 aromatic carbocycles. The molecule has 38 heavy (non-hydrogen) atoms. The fourth-order valence-electron chi connectivity index (χ4n) is 4.54. The van der Waals surface area contributed by atoms with Crippen molar-refractivity contribution >= 4 is 34.6 Å². The van der Waals surface area contributed by atoms with Gasteiger partial charge in [0, 0.05) is 41.5 Å². The van der Waals surface area contributed by atoms with Crippen LogP contribution in [0.2, 0.25) is 0 Å². The van der Waals surface area contributed by atoms with Crippen molar-refractivity contribution in [1.82, 2.24) is 19.9 Å². The van der Waals surface area contributed by atoms with E-state index in [9.17, 15) is 4.79 Å². The van der Waals surface area contributed by atoms with Crippen LogP contribution in [-0.2, 0) is 4.79 Å². The van der Waals surface area contributed by atoms with Crippen LogP contribution in [0.5, 0.6) is 5.75 Å². The third kappa shape index (κ3) is 4.84. The molecular formula is C29H30N6O2S. The van der Waals surface area contributed by atoms with Crippen LogP contribution >= 0.6 is 12.2 Å². The van der Waals surface area contributed by atoms with Crippen molar-refractivity contribution in [1.29, 1.82) is 0 Å². The molecule has 3 aromatic heterocycles. The summed E-state index contributed by atoms with van der Waals surface area (Å²) in [7, 11) is 1.59. The number of rotatable bonds is 6. The molecule has 2 N–H and O–H groups in total. The van der Waals surface area contributed by atoms with E-state index in [-0.39, 0.29) is 18.0 Å². The number of pyridine rings is 2. The van der Waals surface area contributed by atoms with Gasteiger partial charge in [-0.25, -0.2) is 0 Å². The van der Waals surface area contributed by atoms with Gasteiger partial charge in [0.15, 0.2) is 5.11 Å². The Morgan fingerprint density at radius 1 is 1.05 bits per heavy atom. The van der Waals surface area contributed by atoms with Crippen molar-refractivity contribution in [2.75, 3.05) is 17.3 Å². The van der Waals surface area contributed by atoms with Crippen molar-refractivity contribution < 1.29 is 9.53 Å². The van der Waals surface area contributed by atoms with Gasteiger partial charge in [0.2, 0.25) is 5.91 Å². The van der Waals surface area contributed by atoms with E-state index in [4.69, 9.17) is 17.0 Å². The van der Waals surface area contributed by atoms with Crippen LogP contribution in [0.3, 0.4) is 0 Å². The minimum Gasteiger partial charge on any atom is -0.494 e. The second kappa shape index (κ2) is 10.3. The maximum absolute atomic E-state index is 12.7. The lowest BCUT2D eigenvalue weighted by molar-refractivity contribution is -0.123. The van der Waals surface area contributed by atoms with E-state index >= 15 is 0 Å². The molecule has 8 nitrogen and oxygen atoms in total. The van der Waals surface area contributed by atoms with Gasteiger partial charge < -0.3 is 24.8 Å². The highest BCUT2D eigenvalue weighted by Crippen LogP contribution is 2.44. The lowest BCUT2D eigenvalue weighted by atomic mass is 9.95. The summed E-state index contributed by atoms with van der Waals surface area (Å²) in [5.74, 6) is 0.454. The maximum Gasteiger partial charge on any atom is 0.229 e. The summed E-state index contributed by atoms with van der Waals surface area (Å²) in [6, 6.07) is 19.2. The lowest BCUT2D eigenvalue weighted by Gasteiger charge is -2.29. The molecule has 1 saturated heterocycles. The number of anilines is 2. The molecule has 9 heteroatoms. The summed E-state index contributed by atoms with van der Waals surface area (Å²) in [6.45, 7) is 5.62. The minimum absolute atomic E-state index is 0.0932. The summed E-state index contributed by atoms with van der Waals surface area (Å²) in [5.41, 5.74) is 3.74. The summed E-state index contributed by atoms with van der Waals surface area (Å²) in [4.78, 5) is 23.7. The van der Waals surface area contributed by atoms with Gasteiger partial charge in [-0.1, -0.05) is 26.8 Å². The van der Waals surface area contributed by atoms with E-state index in [1.54, 1.807) is 19.5 Å². The highest BCUT2D eigenvalue weighted by Gasteiger charge is 2.42. The van der Waals surface area contributed by atoms with Gasteiger partial charge in [0.1, 0.15) is 11.8 Å². The van der Waals surface area contributed by atoms with Crippen molar-refractivity contribution in [2.24, 2.45) is 5.41 Å². The van der Waals surface area contributed by atoms with Gasteiger partial charge in [-0.15, -0.1) is 0 Å². The van der Waals surface area contributed by atoms with Crippen molar-refractivity contribution in [3.05, 3.63) is 96.8 Å². The monoisotopic (exact) mass is 526 g/mol. The summed E-state index contributed by atoms with van der Waals surface area (Å²) in [6.07, 6.45) is 7.40. The molecule has 0 aliphatic carbocycles. The number of nitrogens with zero attached hydrogens (tertiary/aromatic N) is 4. The second-order valence-corrected chi connectivity index (χ2v) is 10.5. The maximum atomic E-state index is 12.7. The van der Waals surface area contributed by atoms with Crippen LogP contribution in [0.25, 0.3) is 5.69 Å². The zero-order chi connectivity index (χ0) is 26.9. The van der Waals surface area contributed by atoms with Gasteiger partial charge >= 0.3 is 0 Å². The first-order chi connectivity index (χ1) is 18.3. The van der Waals surface area contributed by atoms with Gasteiger partial charge in [0.25, 0.3) is 0 Å².